The van der Waals surface area contributed by atoms with Crippen LogP contribution in [0.5, 0.6) is 0 Å². The average molecular weight is 183 g/mol. The summed E-state index contributed by atoms with van der Waals surface area (Å²) in [6, 6.07) is 0.336. The van der Waals surface area contributed by atoms with Crippen molar-refractivity contribution in [1.29, 1.82) is 0 Å². The normalized spacial score (nSPS) is 40.2. The van der Waals surface area contributed by atoms with Gasteiger partial charge in [-0.15, -0.1) is 0 Å². The molecule has 0 amide bonds. The summed E-state index contributed by atoms with van der Waals surface area (Å²) in [4.78, 5) is 13.0. The maximum absolute atomic E-state index is 10.9. The van der Waals surface area contributed by atoms with Gasteiger partial charge in [-0.25, -0.2) is 0 Å². The fraction of sp³-hybridized carbons (Fsp3) is 0.900. The molecule has 0 spiro atoms. The molecule has 1 saturated carbocycles. The van der Waals surface area contributed by atoms with Crippen molar-refractivity contribution in [2.75, 3.05) is 7.05 Å². The highest BCUT2D eigenvalue weighted by Gasteiger charge is 2.42. The molecule has 0 radical (unpaired) electrons. The number of carbonyl (C=O) groups is 1. The SMILES string of the molecule is CN1[C@H](C(=O)O)C[C@H]2CCCC[C@@H]21. The molecule has 3 nitrogen and oxygen atoms in total. The molecule has 1 aliphatic heterocycles. The quantitative estimate of drug-likeness (QED) is 0.666. The lowest BCUT2D eigenvalue weighted by Gasteiger charge is -2.29. The van der Waals surface area contributed by atoms with Gasteiger partial charge in [0.05, 0.1) is 0 Å². The number of aliphatic carboxylic acids is 1. The third-order valence-corrected chi connectivity index (χ3v) is 3.69. The molecule has 74 valence electrons. The zero-order valence-electron chi connectivity index (χ0n) is 8.07. The van der Waals surface area contributed by atoms with Crippen LogP contribution in [0, 0.1) is 5.92 Å². The van der Waals surface area contributed by atoms with Crippen LogP contribution in [0.4, 0.5) is 0 Å². The third kappa shape index (κ3) is 1.46. The Hall–Kier alpha value is -0.570. The van der Waals surface area contributed by atoms with Crippen molar-refractivity contribution < 1.29 is 9.90 Å². The highest BCUT2D eigenvalue weighted by molar-refractivity contribution is 5.74. The number of nitrogens with zero attached hydrogens (tertiary/aromatic N) is 1. The van der Waals surface area contributed by atoms with Gasteiger partial charge in [-0.2, -0.15) is 0 Å². The zero-order chi connectivity index (χ0) is 9.42. The van der Waals surface area contributed by atoms with Crippen LogP contribution in [0.3, 0.4) is 0 Å². The summed E-state index contributed by atoms with van der Waals surface area (Å²) >= 11 is 0. The summed E-state index contributed by atoms with van der Waals surface area (Å²) in [5.41, 5.74) is 0. The van der Waals surface area contributed by atoms with E-state index < -0.39 is 5.97 Å². The summed E-state index contributed by atoms with van der Waals surface area (Å²) < 4.78 is 0. The number of carboxylic acid groups (broad SMARTS) is 1. The van der Waals surface area contributed by atoms with Gasteiger partial charge in [0.2, 0.25) is 0 Å². The van der Waals surface area contributed by atoms with E-state index in [2.05, 4.69) is 4.90 Å². The second-order valence-electron chi connectivity index (χ2n) is 4.37. The lowest BCUT2D eigenvalue weighted by atomic mass is 9.85. The van der Waals surface area contributed by atoms with Crippen LogP contribution in [0.1, 0.15) is 32.1 Å². The van der Waals surface area contributed by atoms with E-state index in [0.29, 0.717) is 12.0 Å². The molecule has 1 heterocycles. The minimum atomic E-state index is -0.642. The van der Waals surface area contributed by atoms with Crippen LogP contribution in [-0.4, -0.2) is 35.1 Å². The number of carboxylic acids is 1. The fourth-order valence-corrected chi connectivity index (χ4v) is 2.96. The third-order valence-electron chi connectivity index (χ3n) is 3.69. The van der Waals surface area contributed by atoms with Crippen molar-refractivity contribution in [1.82, 2.24) is 4.90 Å². The van der Waals surface area contributed by atoms with Crippen molar-refractivity contribution in [2.45, 2.75) is 44.2 Å². The molecule has 2 rings (SSSR count). The van der Waals surface area contributed by atoms with Crippen molar-refractivity contribution in [2.24, 2.45) is 5.92 Å². The highest BCUT2D eigenvalue weighted by Crippen LogP contribution is 2.38. The predicted molar refractivity (Wildman–Crippen MR) is 49.5 cm³/mol. The average Bonchev–Trinajstić information content (AvgIpc) is 2.45. The van der Waals surface area contributed by atoms with E-state index in [1.54, 1.807) is 0 Å². The van der Waals surface area contributed by atoms with Gasteiger partial charge in [-0.3, -0.25) is 9.69 Å². The van der Waals surface area contributed by atoms with E-state index in [4.69, 9.17) is 5.11 Å². The van der Waals surface area contributed by atoms with E-state index in [9.17, 15) is 4.79 Å². The number of rotatable bonds is 1. The second-order valence-corrected chi connectivity index (χ2v) is 4.37. The Bertz CT molecular complexity index is 217. The van der Waals surface area contributed by atoms with Gasteiger partial charge < -0.3 is 5.11 Å². The van der Waals surface area contributed by atoms with Crippen LogP contribution >= 0.6 is 0 Å². The molecule has 1 N–H and O–H groups in total. The minimum Gasteiger partial charge on any atom is -0.480 e. The number of likely N-dealkylation sites (tertiary alicyclic amines) is 1. The smallest absolute Gasteiger partial charge is 0.320 e. The molecule has 0 aromatic carbocycles. The van der Waals surface area contributed by atoms with Gasteiger partial charge in [0, 0.05) is 6.04 Å². The maximum atomic E-state index is 10.9. The number of likely N-dealkylation sites (N-methyl/N-ethyl adjacent to an activating group) is 1. The van der Waals surface area contributed by atoms with E-state index in [1.807, 2.05) is 7.05 Å². The van der Waals surface area contributed by atoms with E-state index in [1.165, 1.54) is 25.7 Å². The fourth-order valence-electron chi connectivity index (χ4n) is 2.96. The molecule has 2 aliphatic rings. The van der Waals surface area contributed by atoms with Gasteiger partial charge in [-0.1, -0.05) is 12.8 Å². The van der Waals surface area contributed by atoms with Gasteiger partial charge >= 0.3 is 5.97 Å². The summed E-state index contributed by atoms with van der Waals surface area (Å²) in [6.45, 7) is 0. The minimum absolute atomic E-state index is 0.215. The lowest BCUT2D eigenvalue weighted by Crippen LogP contribution is -2.38. The first-order valence-corrected chi connectivity index (χ1v) is 5.15. The Morgan fingerprint density at radius 2 is 2.08 bits per heavy atom. The Labute approximate surface area is 78.7 Å². The van der Waals surface area contributed by atoms with E-state index in [0.717, 1.165) is 6.42 Å². The van der Waals surface area contributed by atoms with Crippen molar-refractivity contribution in [3.63, 3.8) is 0 Å². The summed E-state index contributed by atoms with van der Waals surface area (Å²) in [5.74, 6) is 0.0109. The molecule has 2 fully saturated rings. The van der Waals surface area contributed by atoms with Crippen LogP contribution in [0.2, 0.25) is 0 Å². The van der Waals surface area contributed by atoms with Crippen molar-refractivity contribution in [3.05, 3.63) is 0 Å². The largest absolute Gasteiger partial charge is 0.480 e. The molecule has 0 aromatic heterocycles. The first-order chi connectivity index (χ1) is 6.20. The maximum Gasteiger partial charge on any atom is 0.320 e. The van der Waals surface area contributed by atoms with Crippen LogP contribution in [-0.2, 0) is 4.79 Å². The Morgan fingerprint density at radius 3 is 2.69 bits per heavy atom. The highest BCUT2D eigenvalue weighted by atomic mass is 16.4. The van der Waals surface area contributed by atoms with Crippen LogP contribution in [0.25, 0.3) is 0 Å². The molecule has 1 aliphatic carbocycles. The summed E-state index contributed by atoms with van der Waals surface area (Å²) in [7, 11) is 1.97. The molecule has 0 aromatic rings. The number of hydrogen-bond donors (Lipinski definition) is 1. The van der Waals surface area contributed by atoms with Gasteiger partial charge in [0.1, 0.15) is 6.04 Å². The topological polar surface area (TPSA) is 40.5 Å². The molecular formula is C10H17NO2. The monoisotopic (exact) mass is 183 g/mol. The van der Waals surface area contributed by atoms with Gasteiger partial charge in [-0.05, 0) is 32.2 Å². The lowest BCUT2D eigenvalue weighted by molar-refractivity contribution is -0.142. The molecule has 1 saturated heterocycles. The van der Waals surface area contributed by atoms with Crippen molar-refractivity contribution >= 4 is 5.97 Å². The summed E-state index contributed by atoms with van der Waals surface area (Å²) in [5, 5.41) is 8.99. The molecule has 3 atom stereocenters. The van der Waals surface area contributed by atoms with Gasteiger partial charge in [0.25, 0.3) is 0 Å². The van der Waals surface area contributed by atoms with Gasteiger partial charge in [0.15, 0.2) is 0 Å². The Kier molecular flexibility index (Phi) is 2.28. The molecule has 0 unspecified atom stereocenters. The Morgan fingerprint density at radius 1 is 1.38 bits per heavy atom. The molecule has 3 heteroatoms. The predicted octanol–water partition coefficient (Wildman–Crippen LogP) is 1.33. The molecule has 13 heavy (non-hydrogen) atoms. The second kappa shape index (κ2) is 3.29. The number of fused-ring (bicyclic) bond motifs is 1. The molecular weight excluding hydrogens is 166 g/mol. The summed E-state index contributed by atoms with van der Waals surface area (Å²) in [6.07, 6.45) is 5.87. The van der Waals surface area contributed by atoms with Crippen LogP contribution in [0.15, 0.2) is 0 Å². The first kappa shape index (κ1) is 9.00. The Balaban J connectivity index is 2.09. The van der Waals surface area contributed by atoms with Crippen molar-refractivity contribution in [3.8, 4) is 0 Å². The number of hydrogen-bond acceptors (Lipinski definition) is 2. The van der Waals surface area contributed by atoms with Crippen LogP contribution < -0.4 is 0 Å². The van der Waals surface area contributed by atoms with E-state index in [-0.39, 0.29) is 6.04 Å². The molecule has 0 bridgehead atoms. The first-order valence-electron chi connectivity index (χ1n) is 5.15. The standard InChI is InChI=1S/C10H17NO2/c1-11-8-5-3-2-4-7(8)6-9(11)10(12)13/h7-9H,2-6H2,1H3,(H,12,13)/t7-,8+,9+/m1/s1. The zero-order valence-corrected chi connectivity index (χ0v) is 8.07. The van der Waals surface area contributed by atoms with E-state index >= 15 is 0 Å².